The average Bonchev–Trinajstić information content (AvgIpc) is 3.10. The molecule has 4 aromatic rings. The molecule has 4 rings (SSSR count). The van der Waals surface area contributed by atoms with Gasteiger partial charge >= 0.3 is 0 Å². The third kappa shape index (κ3) is 3.28. The van der Waals surface area contributed by atoms with Crippen molar-refractivity contribution in [1.82, 2.24) is 15.0 Å². The van der Waals surface area contributed by atoms with Crippen LogP contribution in [0, 0.1) is 6.92 Å². The van der Waals surface area contributed by atoms with Gasteiger partial charge in [-0.3, -0.25) is 0 Å². The van der Waals surface area contributed by atoms with Crippen LogP contribution in [0.3, 0.4) is 0 Å². The monoisotopic (exact) mass is 381 g/mol. The molecule has 0 aliphatic rings. The van der Waals surface area contributed by atoms with E-state index in [1.165, 1.54) is 0 Å². The Labute approximate surface area is 160 Å². The molecule has 0 bridgehead atoms. The van der Waals surface area contributed by atoms with E-state index in [0.717, 1.165) is 48.5 Å². The Bertz CT molecular complexity index is 1080. The van der Waals surface area contributed by atoms with E-state index in [1.54, 1.807) is 25.2 Å². The number of benzene rings is 2. The molecule has 0 fully saturated rings. The number of fused-ring (bicyclic) bond motifs is 1. The summed E-state index contributed by atoms with van der Waals surface area (Å²) in [6.07, 6.45) is 1.58. The van der Waals surface area contributed by atoms with Crippen LogP contribution in [0.1, 0.15) is 5.56 Å². The Balaban J connectivity index is 1.71. The number of ether oxygens (including phenoxy) is 1. The zero-order valence-electron chi connectivity index (χ0n) is 14.3. The second kappa shape index (κ2) is 7.02. The van der Waals surface area contributed by atoms with Crippen LogP contribution in [0.2, 0.25) is 5.02 Å². The molecule has 26 heavy (non-hydrogen) atoms. The normalized spacial score (nSPS) is 11.0. The molecule has 0 aliphatic carbocycles. The quantitative estimate of drug-likeness (QED) is 0.457. The van der Waals surface area contributed by atoms with E-state index in [2.05, 4.69) is 27.1 Å². The van der Waals surface area contributed by atoms with Crippen LogP contribution in [0.4, 0.5) is 0 Å². The van der Waals surface area contributed by atoms with Crippen LogP contribution in [-0.4, -0.2) is 22.1 Å². The fraction of sp³-hybridized carbons (Fsp3) is 0.100. The average molecular weight is 382 g/mol. The van der Waals surface area contributed by atoms with E-state index in [-0.39, 0.29) is 0 Å². The molecule has 0 saturated heterocycles. The molecule has 0 radical (unpaired) electrons. The molecule has 0 amide bonds. The second-order valence-electron chi connectivity index (χ2n) is 5.87. The van der Waals surface area contributed by atoms with Crippen molar-refractivity contribution in [3.8, 4) is 17.0 Å². The molecule has 2 aromatic heterocycles. The van der Waals surface area contributed by atoms with Crippen LogP contribution in [-0.2, 0) is 0 Å². The standard InChI is InChI=1S/C20H16ClN3OS/c1-12-3-8-15(9-17(12)21)26-20-16-10-18(24-19(16)22-11-23-20)13-4-6-14(25-2)7-5-13/h3-11H,1-2H3,(H,22,23,24). The molecule has 4 nitrogen and oxygen atoms in total. The number of nitrogens with one attached hydrogen (secondary N) is 1. The van der Waals surface area contributed by atoms with Crippen molar-refractivity contribution in [2.45, 2.75) is 16.8 Å². The van der Waals surface area contributed by atoms with E-state index in [4.69, 9.17) is 16.3 Å². The minimum atomic E-state index is 0.758. The summed E-state index contributed by atoms with van der Waals surface area (Å²) in [6, 6.07) is 16.0. The van der Waals surface area contributed by atoms with Gasteiger partial charge in [-0.2, -0.15) is 0 Å². The zero-order chi connectivity index (χ0) is 18.1. The minimum absolute atomic E-state index is 0.758. The fourth-order valence-electron chi connectivity index (χ4n) is 2.67. The molecule has 6 heteroatoms. The summed E-state index contributed by atoms with van der Waals surface area (Å²) in [5, 5.41) is 2.64. The summed E-state index contributed by atoms with van der Waals surface area (Å²) in [6.45, 7) is 1.99. The first kappa shape index (κ1) is 16.9. The van der Waals surface area contributed by atoms with Crippen molar-refractivity contribution in [3.05, 3.63) is 65.4 Å². The van der Waals surface area contributed by atoms with Crippen LogP contribution < -0.4 is 4.74 Å². The number of halogens is 1. The topological polar surface area (TPSA) is 50.8 Å². The van der Waals surface area contributed by atoms with Crippen molar-refractivity contribution in [2.75, 3.05) is 7.11 Å². The molecular weight excluding hydrogens is 366 g/mol. The summed E-state index contributed by atoms with van der Waals surface area (Å²) in [7, 11) is 1.66. The van der Waals surface area contributed by atoms with Crippen LogP contribution in [0.15, 0.2) is 64.8 Å². The molecule has 2 heterocycles. The van der Waals surface area contributed by atoms with E-state index in [9.17, 15) is 0 Å². The van der Waals surface area contributed by atoms with Gasteiger partial charge in [0, 0.05) is 15.6 Å². The van der Waals surface area contributed by atoms with Crippen molar-refractivity contribution in [2.24, 2.45) is 0 Å². The first-order valence-corrected chi connectivity index (χ1v) is 9.25. The van der Waals surface area contributed by atoms with Crippen molar-refractivity contribution in [1.29, 1.82) is 0 Å². The molecule has 0 unspecified atom stereocenters. The Morgan fingerprint density at radius 1 is 1.04 bits per heavy atom. The van der Waals surface area contributed by atoms with E-state index >= 15 is 0 Å². The highest BCUT2D eigenvalue weighted by molar-refractivity contribution is 7.99. The summed E-state index contributed by atoms with van der Waals surface area (Å²) in [5.41, 5.74) is 3.93. The first-order valence-electron chi connectivity index (χ1n) is 8.06. The van der Waals surface area contributed by atoms with Gasteiger partial charge in [-0.15, -0.1) is 0 Å². The van der Waals surface area contributed by atoms with Gasteiger partial charge < -0.3 is 9.72 Å². The summed E-state index contributed by atoms with van der Waals surface area (Å²) in [5.74, 6) is 0.831. The summed E-state index contributed by atoms with van der Waals surface area (Å²) in [4.78, 5) is 13.2. The Kier molecular flexibility index (Phi) is 4.57. The number of hydrogen-bond acceptors (Lipinski definition) is 4. The highest BCUT2D eigenvalue weighted by atomic mass is 35.5. The van der Waals surface area contributed by atoms with Gasteiger partial charge in [0.25, 0.3) is 0 Å². The van der Waals surface area contributed by atoms with Gasteiger partial charge in [0.2, 0.25) is 0 Å². The molecule has 0 aliphatic heterocycles. The predicted molar refractivity (Wildman–Crippen MR) is 106 cm³/mol. The fourth-order valence-corrected chi connectivity index (χ4v) is 3.82. The lowest BCUT2D eigenvalue weighted by Gasteiger charge is -2.04. The van der Waals surface area contributed by atoms with Gasteiger partial charge in [0.05, 0.1) is 12.5 Å². The number of aryl methyl sites for hydroxylation is 1. The van der Waals surface area contributed by atoms with Gasteiger partial charge in [-0.1, -0.05) is 29.4 Å². The number of methoxy groups -OCH3 is 1. The number of hydrogen-bond donors (Lipinski definition) is 1. The number of H-pyrrole nitrogens is 1. The molecular formula is C20H16ClN3OS. The minimum Gasteiger partial charge on any atom is -0.497 e. The van der Waals surface area contributed by atoms with Gasteiger partial charge in [0.15, 0.2) is 0 Å². The Hall–Kier alpha value is -2.50. The third-order valence-electron chi connectivity index (χ3n) is 4.15. The lowest BCUT2D eigenvalue weighted by atomic mass is 10.1. The van der Waals surface area contributed by atoms with Crippen LogP contribution >= 0.6 is 23.4 Å². The van der Waals surface area contributed by atoms with Crippen LogP contribution in [0.5, 0.6) is 5.75 Å². The highest BCUT2D eigenvalue weighted by Crippen LogP contribution is 2.35. The summed E-state index contributed by atoms with van der Waals surface area (Å²) < 4.78 is 5.22. The Morgan fingerprint density at radius 3 is 2.58 bits per heavy atom. The molecule has 0 atom stereocenters. The maximum absolute atomic E-state index is 6.24. The largest absolute Gasteiger partial charge is 0.497 e. The highest BCUT2D eigenvalue weighted by Gasteiger charge is 2.11. The molecule has 1 N–H and O–H groups in total. The molecule has 2 aromatic carbocycles. The van der Waals surface area contributed by atoms with E-state index < -0.39 is 0 Å². The van der Waals surface area contributed by atoms with Gasteiger partial charge in [-0.25, -0.2) is 9.97 Å². The molecule has 0 saturated carbocycles. The van der Waals surface area contributed by atoms with E-state index in [0.29, 0.717) is 0 Å². The third-order valence-corrected chi connectivity index (χ3v) is 5.56. The maximum atomic E-state index is 6.24. The van der Waals surface area contributed by atoms with Gasteiger partial charge in [0.1, 0.15) is 22.7 Å². The summed E-state index contributed by atoms with van der Waals surface area (Å²) >= 11 is 7.82. The lowest BCUT2D eigenvalue weighted by molar-refractivity contribution is 0.415. The zero-order valence-corrected chi connectivity index (χ0v) is 15.9. The lowest BCUT2D eigenvalue weighted by Crippen LogP contribution is -1.85. The van der Waals surface area contributed by atoms with Crippen molar-refractivity contribution in [3.63, 3.8) is 0 Å². The number of aromatic amines is 1. The smallest absolute Gasteiger partial charge is 0.142 e. The van der Waals surface area contributed by atoms with E-state index in [1.807, 2.05) is 43.3 Å². The van der Waals surface area contributed by atoms with Crippen molar-refractivity contribution >= 4 is 34.4 Å². The van der Waals surface area contributed by atoms with Crippen molar-refractivity contribution < 1.29 is 4.74 Å². The number of rotatable bonds is 4. The predicted octanol–water partition coefficient (Wildman–Crippen LogP) is 5.75. The molecule has 0 spiro atoms. The number of aromatic nitrogens is 3. The Morgan fingerprint density at radius 2 is 1.85 bits per heavy atom. The second-order valence-corrected chi connectivity index (χ2v) is 7.34. The van der Waals surface area contributed by atoms with Gasteiger partial charge in [-0.05, 0) is 60.5 Å². The molecule has 130 valence electrons. The SMILES string of the molecule is COc1ccc(-c2cc3c(Sc4ccc(C)c(Cl)c4)ncnc3[nH]2)cc1. The van der Waals surface area contributed by atoms with Crippen LogP contribution in [0.25, 0.3) is 22.3 Å². The first-order chi connectivity index (χ1) is 12.6. The maximum Gasteiger partial charge on any atom is 0.142 e. The number of nitrogens with zero attached hydrogens (tertiary/aromatic N) is 2.